The van der Waals surface area contributed by atoms with Crippen molar-refractivity contribution in [3.8, 4) is 17.0 Å². The summed E-state index contributed by atoms with van der Waals surface area (Å²) in [4.78, 5) is 26.5. The molecule has 0 saturated carbocycles. The molecule has 0 radical (unpaired) electrons. The van der Waals surface area contributed by atoms with Gasteiger partial charge in [-0.3, -0.25) is 14.3 Å². The van der Waals surface area contributed by atoms with Crippen molar-refractivity contribution in [3.63, 3.8) is 0 Å². The fraction of sp³-hybridized carbons (Fsp3) is 0.227. The van der Waals surface area contributed by atoms with Gasteiger partial charge >= 0.3 is 0 Å². The van der Waals surface area contributed by atoms with Gasteiger partial charge in [-0.2, -0.15) is 5.10 Å². The Morgan fingerprint density at radius 2 is 1.90 bits per heavy atom. The average molecular weight is 390 g/mol. The van der Waals surface area contributed by atoms with Crippen LogP contribution in [0.3, 0.4) is 0 Å². The van der Waals surface area contributed by atoms with Crippen LogP contribution in [-0.2, 0) is 11.3 Å². The summed E-state index contributed by atoms with van der Waals surface area (Å²) in [5, 5.41) is 7.44. The van der Waals surface area contributed by atoms with E-state index >= 15 is 0 Å². The van der Waals surface area contributed by atoms with Crippen LogP contribution in [0.25, 0.3) is 11.3 Å². The summed E-state index contributed by atoms with van der Waals surface area (Å²) in [6.45, 7) is 1.56. The number of nitrogens with zero attached hydrogens (tertiary/aromatic N) is 3. The van der Waals surface area contributed by atoms with E-state index in [1.54, 1.807) is 22.9 Å². The normalized spacial score (nSPS) is 13.8. The lowest BCUT2D eigenvalue weighted by atomic mass is 10.1. The van der Waals surface area contributed by atoms with Gasteiger partial charge in [0.1, 0.15) is 11.4 Å². The summed E-state index contributed by atoms with van der Waals surface area (Å²) in [5.74, 6) is 0.398. The van der Waals surface area contributed by atoms with Gasteiger partial charge in [0.05, 0.1) is 25.8 Å². The van der Waals surface area contributed by atoms with Crippen LogP contribution >= 0.6 is 0 Å². The van der Waals surface area contributed by atoms with Crippen LogP contribution in [0.5, 0.6) is 5.75 Å². The minimum atomic E-state index is -0.190. The minimum Gasteiger partial charge on any atom is -0.497 e. The van der Waals surface area contributed by atoms with Gasteiger partial charge in [-0.05, 0) is 29.8 Å². The van der Waals surface area contributed by atoms with Gasteiger partial charge in [-0.25, -0.2) is 0 Å². The smallest absolute Gasteiger partial charge is 0.258 e. The zero-order valence-electron chi connectivity index (χ0n) is 16.2. The molecule has 0 spiro atoms. The predicted molar refractivity (Wildman–Crippen MR) is 109 cm³/mol. The highest BCUT2D eigenvalue weighted by Crippen LogP contribution is 2.26. The molecular formula is C22H22N4O3. The Labute approximate surface area is 168 Å². The Hall–Kier alpha value is -3.61. The van der Waals surface area contributed by atoms with Crippen LogP contribution in [0.1, 0.15) is 15.9 Å². The summed E-state index contributed by atoms with van der Waals surface area (Å²) < 4.78 is 7.00. The van der Waals surface area contributed by atoms with E-state index in [0.717, 1.165) is 16.9 Å². The van der Waals surface area contributed by atoms with E-state index < -0.39 is 0 Å². The first-order valence-electron chi connectivity index (χ1n) is 9.46. The van der Waals surface area contributed by atoms with Crippen molar-refractivity contribution in [1.29, 1.82) is 0 Å². The lowest BCUT2D eigenvalue weighted by Gasteiger charge is -2.26. The molecule has 2 heterocycles. The average Bonchev–Trinajstić information content (AvgIpc) is 3.17. The molecule has 7 nitrogen and oxygen atoms in total. The number of piperazine rings is 1. The number of carbonyl (C=O) groups excluding carboxylic acids is 2. The van der Waals surface area contributed by atoms with Crippen molar-refractivity contribution >= 4 is 11.8 Å². The molecule has 148 valence electrons. The number of hydrogen-bond acceptors (Lipinski definition) is 4. The Morgan fingerprint density at radius 3 is 2.59 bits per heavy atom. The minimum absolute atomic E-state index is 0.0603. The van der Waals surface area contributed by atoms with Crippen LogP contribution < -0.4 is 10.1 Å². The van der Waals surface area contributed by atoms with Crippen LogP contribution in [0.15, 0.2) is 60.8 Å². The van der Waals surface area contributed by atoms with E-state index in [2.05, 4.69) is 5.32 Å². The van der Waals surface area contributed by atoms with Crippen LogP contribution in [0.2, 0.25) is 0 Å². The second-order valence-corrected chi connectivity index (χ2v) is 6.88. The summed E-state index contributed by atoms with van der Waals surface area (Å²) in [7, 11) is 1.61. The number of nitrogens with one attached hydrogen (secondary N) is 1. The van der Waals surface area contributed by atoms with Crippen molar-refractivity contribution in [2.45, 2.75) is 6.54 Å². The van der Waals surface area contributed by atoms with Crippen LogP contribution in [0.4, 0.5) is 0 Å². The predicted octanol–water partition coefficient (Wildman–Crippen LogP) is 2.18. The lowest BCUT2D eigenvalue weighted by molar-refractivity contribution is -0.123. The molecule has 3 aromatic rings. The van der Waals surface area contributed by atoms with E-state index in [1.807, 2.05) is 54.6 Å². The van der Waals surface area contributed by atoms with Crippen LogP contribution in [-0.4, -0.2) is 53.2 Å². The monoisotopic (exact) mass is 390 g/mol. The van der Waals surface area contributed by atoms with Gasteiger partial charge in [0.25, 0.3) is 5.91 Å². The number of rotatable bonds is 5. The molecule has 0 bridgehead atoms. The van der Waals surface area contributed by atoms with Gasteiger partial charge in [-0.15, -0.1) is 0 Å². The third kappa shape index (κ3) is 4.13. The molecule has 0 aliphatic carbocycles. The number of ether oxygens (including phenoxy) is 1. The lowest BCUT2D eigenvalue weighted by Crippen LogP contribution is -2.50. The maximum absolute atomic E-state index is 13.2. The largest absolute Gasteiger partial charge is 0.497 e. The molecule has 0 atom stereocenters. The molecule has 1 N–H and O–H groups in total. The molecule has 4 rings (SSSR count). The van der Waals surface area contributed by atoms with E-state index in [4.69, 9.17) is 9.84 Å². The van der Waals surface area contributed by atoms with Gasteiger partial charge in [0.2, 0.25) is 5.91 Å². The highest BCUT2D eigenvalue weighted by molar-refractivity contribution is 6.01. The maximum atomic E-state index is 13.2. The van der Waals surface area contributed by atoms with Gasteiger partial charge < -0.3 is 15.0 Å². The highest BCUT2D eigenvalue weighted by Gasteiger charge is 2.26. The number of hydrogen-bond donors (Lipinski definition) is 1. The van der Waals surface area contributed by atoms with E-state index in [-0.39, 0.29) is 18.4 Å². The zero-order chi connectivity index (χ0) is 20.2. The highest BCUT2D eigenvalue weighted by atomic mass is 16.5. The summed E-state index contributed by atoms with van der Waals surface area (Å²) in [6, 6.07) is 17.4. The van der Waals surface area contributed by atoms with Crippen LogP contribution in [0, 0.1) is 0 Å². The van der Waals surface area contributed by atoms with E-state index in [0.29, 0.717) is 30.9 Å². The molecule has 2 aromatic carbocycles. The number of methoxy groups -OCH3 is 1. The molecule has 7 heteroatoms. The molecule has 29 heavy (non-hydrogen) atoms. The topological polar surface area (TPSA) is 76.5 Å². The molecule has 0 unspecified atom stereocenters. The van der Waals surface area contributed by atoms with Crippen molar-refractivity contribution in [3.05, 3.63) is 71.9 Å². The van der Waals surface area contributed by atoms with Crippen molar-refractivity contribution in [1.82, 2.24) is 20.0 Å². The fourth-order valence-electron chi connectivity index (χ4n) is 3.37. The SMILES string of the molecule is COc1ccc(-c2nn(Cc3ccccc3)cc2C(=O)N2CCNC(=O)C2)cc1. The quantitative estimate of drug-likeness (QED) is 0.725. The Bertz CT molecular complexity index is 1010. The first-order valence-corrected chi connectivity index (χ1v) is 9.46. The third-order valence-electron chi connectivity index (χ3n) is 4.87. The van der Waals surface area contributed by atoms with E-state index in [9.17, 15) is 9.59 Å². The Balaban J connectivity index is 1.70. The van der Waals surface area contributed by atoms with Crippen molar-refractivity contribution in [2.24, 2.45) is 0 Å². The molecule has 1 aromatic heterocycles. The summed E-state index contributed by atoms with van der Waals surface area (Å²) >= 11 is 0. The third-order valence-corrected chi connectivity index (χ3v) is 4.87. The summed E-state index contributed by atoms with van der Waals surface area (Å²) in [6.07, 6.45) is 1.77. The van der Waals surface area contributed by atoms with Crippen molar-refractivity contribution < 1.29 is 14.3 Å². The molecule has 2 amide bonds. The first-order chi connectivity index (χ1) is 14.1. The number of aromatic nitrogens is 2. The number of carbonyl (C=O) groups is 2. The Kier molecular flexibility index (Phi) is 5.29. The first kappa shape index (κ1) is 18.7. The zero-order valence-corrected chi connectivity index (χ0v) is 16.2. The standard InChI is InChI=1S/C22H22N4O3/c1-29-18-9-7-17(8-10-18)21-19(22(28)25-12-11-23-20(27)15-25)14-26(24-21)13-16-5-3-2-4-6-16/h2-10,14H,11-13,15H2,1H3,(H,23,27). The second-order valence-electron chi connectivity index (χ2n) is 6.88. The van der Waals surface area contributed by atoms with Gasteiger partial charge in [-0.1, -0.05) is 30.3 Å². The van der Waals surface area contributed by atoms with Gasteiger partial charge in [0.15, 0.2) is 0 Å². The fourth-order valence-corrected chi connectivity index (χ4v) is 3.37. The molecular weight excluding hydrogens is 368 g/mol. The number of amides is 2. The second kappa shape index (κ2) is 8.18. The van der Waals surface area contributed by atoms with Gasteiger partial charge in [0, 0.05) is 24.8 Å². The molecule has 1 aliphatic rings. The Morgan fingerprint density at radius 1 is 1.14 bits per heavy atom. The van der Waals surface area contributed by atoms with E-state index in [1.165, 1.54) is 0 Å². The molecule has 1 fully saturated rings. The molecule has 1 saturated heterocycles. The van der Waals surface area contributed by atoms with Crippen molar-refractivity contribution in [2.75, 3.05) is 26.7 Å². The summed E-state index contributed by atoms with van der Waals surface area (Å²) in [5.41, 5.74) is 3.00. The number of benzene rings is 2. The maximum Gasteiger partial charge on any atom is 0.258 e. The molecule has 1 aliphatic heterocycles.